The number of hydrogen-bond acceptors (Lipinski definition) is 3. The predicted molar refractivity (Wildman–Crippen MR) is 69.8 cm³/mol. The highest BCUT2D eigenvalue weighted by atomic mass is 79.9. The highest BCUT2D eigenvalue weighted by molar-refractivity contribution is 9.10. The van der Waals surface area contributed by atoms with E-state index >= 15 is 0 Å². The maximum Gasteiger partial charge on any atom is 0.308 e. The number of carbonyl (C=O) groups excluding carboxylic acids is 1. The van der Waals surface area contributed by atoms with Crippen LogP contribution >= 0.6 is 15.9 Å². The lowest BCUT2D eigenvalue weighted by Gasteiger charge is -2.09. The van der Waals surface area contributed by atoms with Gasteiger partial charge < -0.3 is 15.2 Å². The monoisotopic (exact) mass is 315 g/mol. The average Bonchev–Trinajstić information content (AvgIpc) is 2.35. The molecule has 1 atom stereocenters. The maximum atomic E-state index is 11.8. The van der Waals surface area contributed by atoms with Crippen molar-refractivity contribution in [3.8, 4) is 5.75 Å². The van der Waals surface area contributed by atoms with Crippen molar-refractivity contribution in [2.45, 2.75) is 6.92 Å². The third kappa shape index (κ3) is 3.73. The zero-order chi connectivity index (χ0) is 13.7. The predicted octanol–water partition coefficient (Wildman–Crippen LogP) is 1.91. The second kappa shape index (κ2) is 6.39. The molecule has 0 aliphatic carbocycles. The maximum absolute atomic E-state index is 11.8. The van der Waals surface area contributed by atoms with Crippen molar-refractivity contribution in [2.24, 2.45) is 5.92 Å². The quantitative estimate of drug-likeness (QED) is 0.870. The molecule has 1 aromatic carbocycles. The Labute approximate surface area is 113 Å². The molecule has 0 aliphatic rings. The van der Waals surface area contributed by atoms with E-state index in [9.17, 15) is 9.59 Å². The van der Waals surface area contributed by atoms with Crippen LogP contribution in [-0.2, 0) is 4.79 Å². The van der Waals surface area contributed by atoms with Gasteiger partial charge in [-0.2, -0.15) is 0 Å². The van der Waals surface area contributed by atoms with E-state index in [2.05, 4.69) is 21.2 Å². The minimum atomic E-state index is -0.939. The van der Waals surface area contributed by atoms with Crippen LogP contribution in [-0.4, -0.2) is 30.6 Å². The van der Waals surface area contributed by atoms with E-state index in [1.807, 2.05) is 0 Å². The van der Waals surface area contributed by atoms with Crippen LogP contribution in [0.2, 0.25) is 0 Å². The molecule has 0 spiro atoms. The van der Waals surface area contributed by atoms with Gasteiger partial charge in [-0.15, -0.1) is 0 Å². The molecule has 0 heterocycles. The van der Waals surface area contributed by atoms with E-state index in [1.165, 1.54) is 14.0 Å². The van der Waals surface area contributed by atoms with Crippen molar-refractivity contribution in [1.29, 1.82) is 0 Å². The highest BCUT2D eigenvalue weighted by Gasteiger charge is 2.13. The molecule has 0 saturated carbocycles. The Balaban J connectivity index is 2.67. The molecule has 18 heavy (non-hydrogen) atoms. The van der Waals surface area contributed by atoms with Crippen molar-refractivity contribution < 1.29 is 19.4 Å². The van der Waals surface area contributed by atoms with Gasteiger partial charge in [-0.1, -0.05) is 6.92 Å². The minimum Gasteiger partial charge on any atom is -0.496 e. The van der Waals surface area contributed by atoms with Gasteiger partial charge in [-0.25, -0.2) is 0 Å². The number of carboxylic acids is 1. The van der Waals surface area contributed by atoms with Crippen molar-refractivity contribution in [3.05, 3.63) is 28.2 Å². The number of carboxylic acid groups (broad SMARTS) is 1. The summed E-state index contributed by atoms with van der Waals surface area (Å²) in [6, 6.07) is 4.91. The first-order valence-electron chi connectivity index (χ1n) is 5.30. The van der Waals surface area contributed by atoms with Crippen molar-refractivity contribution >= 4 is 27.8 Å². The number of hydrogen-bond donors (Lipinski definition) is 2. The van der Waals surface area contributed by atoms with Crippen LogP contribution in [0.4, 0.5) is 0 Å². The van der Waals surface area contributed by atoms with Gasteiger partial charge in [0.05, 0.1) is 17.5 Å². The molecule has 2 N–H and O–H groups in total. The van der Waals surface area contributed by atoms with Gasteiger partial charge in [0.15, 0.2) is 0 Å². The van der Waals surface area contributed by atoms with Crippen molar-refractivity contribution in [1.82, 2.24) is 5.32 Å². The van der Waals surface area contributed by atoms with Crippen molar-refractivity contribution in [3.63, 3.8) is 0 Å². The molecule has 1 unspecified atom stereocenters. The van der Waals surface area contributed by atoms with Gasteiger partial charge in [-0.3, -0.25) is 9.59 Å². The number of amides is 1. The number of nitrogens with one attached hydrogen (secondary N) is 1. The van der Waals surface area contributed by atoms with Crippen LogP contribution in [0.25, 0.3) is 0 Å². The van der Waals surface area contributed by atoms with Gasteiger partial charge in [0.25, 0.3) is 5.91 Å². The number of benzene rings is 1. The third-order valence-corrected chi connectivity index (χ3v) is 3.02. The average molecular weight is 316 g/mol. The van der Waals surface area contributed by atoms with Gasteiger partial charge >= 0.3 is 5.97 Å². The first-order valence-corrected chi connectivity index (χ1v) is 6.09. The lowest BCUT2D eigenvalue weighted by Crippen LogP contribution is -2.31. The van der Waals surface area contributed by atoms with E-state index in [-0.39, 0.29) is 12.5 Å². The van der Waals surface area contributed by atoms with Crippen LogP contribution in [0.15, 0.2) is 22.7 Å². The summed E-state index contributed by atoms with van der Waals surface area (Å²) in [6.45, 7) is 1.63. The lowest BCUT2D eigenvalue weighted by atomic mass is 10.1. The number of aliphatic carboxylic acids is 1. The van der Waals surface area contributed by atoms with Crippen LogP contribution in [0, 0.1) is 5.92 Å². The topological polar surface area (TPSA) is 75.6 Å². The number of halogens is 1. The molecule has 98 valence electrons. The minimum absolute atomic E-state index is 0.0951. The van der Waals surface area contributed by atoms with Gasteiger partial charge in [-0.05, 0) is 34.1 Å². The number of carbonyl (C=O) groups is 2. The van der Waals surface area contributed by atoms with E-state index in [4.69, 9.17) is 9.84 Å². The lowest BCUT2D eigenvalue weighted by molar-refractivity contribution is -0.140. The molecular formula is C12H14BrNO4. The number of rotatable bonds is 5. The molecule has 0 aliphatic heterocycles. The molecular weight excluding hydrogens is 302 g/mol. The zero-order valence-electron chi connectivity index (χ0n) is 10.1. The summed E-state index contributed by atoms with van der Waals surface area (Å²) < 4.78 is 5.72. The van der Waals surface area contributed by atoms with E-state index < -0.39 is 11.9 Å². The smallest absolute Gasteiger partial charge is 0.308 e. The Bertz CT molecular complexity index is 461. The summed E-state index contributed by atoms with van der Waals surface area (Å²) >= 11 is 3.28. The van der Waals surface area contributed by atoms with E-state index in [0.717, 1.165) is 0 Å². The number of ether oxygens (including phenoxy) is 1. The molecule has 5 nitrogen and oxygen atoms in total. The molecule has 1 amide bonds. The molecule has 0 radical (unpaired) electrons. The van der Waals surface area contributed by atoms with Crippen LogP contribution in [0.5, 0.6) is 5.75 Å². The first kappa shape index (κ1) is 14.5. The summed E-state index contributed by atoms with van der Waals surface area (Å²) in [6.07, 6.45) is 0. The fraction of sp³-hybridized carbons (Fsp3) is 0.333. The Morgan fingerprint density at radius 3 is 2.67 bits per heavy atom. The van der Waals surface area contributed by atoms with Gasteiger partial charge in [0, 0.05) is 12.1 Å². The largest absolute Gasteiger partial charge is 0.496 e. The standard InChI is InChI=1S/C12H14BrNO4/c1-7(12(16)17)6-14-11(15)8-3-4-10(18-2)9(13)5-8/h3-5,7H,6H2,1-2H3,(H,14,15)(H,16,17). The molecule has 6 heteroatoms. The first-order chi connectivity index (χ1) is 8.45. The van der Waals surface area contributed by atoms with Crippen molar-refractivity contribution in [2.75, 3.05) is 13.7 Å². The van der Waals surface area contributed by atoms with Crippen LogP contribution in [0.3, 0.4) is 0 Å². The van der Waals surface area contributed by atoms with Gasteiger partial charge in [0.1, 0.15) is 5.75 Å². The number of methoxy groups -OCH3 is 1. The van der Waals surface area contributed by atoms with Crippen LogP contribution in [0.1, 0.15) is 17.3 Å². The Hall–Kier alpha value is -1.56. The van der Waals surface area contributed by atoms with E-state index in [1.54, 1.807) is 18.2 Å². The highest BCUT2D eigenvalue weighted by Crippen LogP contribution is 2.25. The molecule has 1 aromatic rings. The molecule has 1 rings (SSSR count). The summed E-state index contributed by atoms with van der Waals surface area (Å²) in [5.41, 5.74) is 0.445. The summed E-state index contributed by atoms with van der Waals surface area (Å²) in [5.74, 6) is -1.24. The Kier molecular flexibility index (Phi) is 5.15. The Morgan fingerprint density at radius 2 is 2.17 bits per heavy atom. The van der Waals surface area contributed by atoms with Gasteiger partial charge in [0.2, 0.25) is 0 Å². The fourth-order valence-electron chi connectivity index (χ4n) is 1.24. The van der Waals surface area contributed by atoms with E-state index in [0.29, 0.717) is 15.8 Å². The summed E-state index contributed by atoms with van der Waals surface area (Å²) in [4.78, 5) is 22.4. The molecule has 0 fully saturated rings. The molecule has 0 saturated heterocycles. The summed E-state index contributed by atoms with van der Waals surface area (Å²) in [7, 11) is 1.54. The fourth-order valence-corrected chi connectivity index (χ4v) is 1.78. The second-order valence-corrected chi connectivity index (χ2v) is 4.65. The van der Waals surface area contributed by atoms with Crippen LogP contribution < -0.4 is 10.1 Å². The molecule has 0 aromatic heterocycles. The second-order valence-electron chi connectivity index (χ2n) is 3.80. The third-order valence-electron chi connectivity index (χ3n) is 2.40. The zero-order valence-corrected chi connectivity index (χ0v) is 11.7. The SMILES string of the molecule is COc1ccc(C(=O)NCC(C)C(=O)O)cc1Br. The normalized spacial score (nSPS) is 11.7. The summed E-state index contributed by atoms with van der Waals surface area (Å²) in [5, 5.41) is 11.3. The molecule has 0 bridgehead atoms. The Morgan fingerprint density at radius 1 is 1.50 bits per heavy atom.